The summed E-state index contributed by atoms with van der Waals surface area (Å²) < 4.78 is 11.1. The third-order valence-corrected chi connectivity index (χ3v) is 3.95. The number of halogens is 1. The minimum Gasteiger partial charge on any atom is -0.507 e. The second kappa shape index (κ2) is 4.38. The van der Waals surface area contributed by atoms with Crippen LogP contribution < -0.4 is 15.2 Å². The van der Waals surface area contributed by atoms with Crippen molar-refractivity contribution in [1.29, 1.82) is 0 Å². The fraction of sp³-hybridized carbons (Fsp3) is 0.500. The van der Waals surface area contributed by atoms with Crippen molar-refractivity contribution in [2.45, 2.75) is 24.8 Å². The molecule has 94 valence electrons. The third kappa shape index (κ3) is 2.35. The fourth-order valence-corrected chi connectivity index (χ4v) is 2.53. The van der Waals surface area contributed by atoms with Crippen LogP contribution in [0.1, 0.15) is 18.4 Å². The zero-order valence-corrected chi connectivity index (χ0v) is 11.5. The quantitative estimate of drug-likeness (QED) is 0.895. The molecule has 4 nitrogen and oxygen atoms in total. The molecule has 1 aliphatic rings. The lowest BCUT2D eigenvalue weighted by Crippen LogP contribution is -2.24. The third-order valence-electron chi connectivity index (χ3n) is 3.11. The predicted molar refractivity (Wildman–Crippen MR) is 68.8 cm³/mol. The first-order valence-electron chi connectivity index (χ1n) is 5.42. The second-order valence-electron chi connectivity index (χ2n) is 4.46. The van der Waals surface area contributed by atoms with Crippen LogP contribution in [0.5, 0.6) is 17.2 Å². The molecule has 17 heavy (non-hydrogen) atoms. The monoisotopic (exact) mass is 301 g/mol. The SMILES string of the molecule is COc1cc(O)c(CC2(N)CC2)c(Br)c1OC. The van der Waals surface area contributed by atoms with Gasteiger partial charge in [-0.3, -0.25) is 0 Å². The normalized spacial score (nSPS) is 16.7. The number of ether oxygens (including phenoxy) is 2. The van der Waals surface area contributed by atoms with Crippen molar-refractivity contribution >= 4 is 15.9 Å². The number of aromatic hydroxyl groups is 1. The van der Waals surface area contributed by atoms with Gasteiger partial charge in [-0.1, -0.05) is 0 Å². The first-order chi connectivity index (χ1) is 8.00. The zero-order chi connectivity index (χ0) is 12.6. The van der Waals surface area contributed by atoms with E-state index in [0.29, 0.717) is 22.4 Å². The van der Waals surface area contributed by atoms with Crippen molar-refractivity contribution in [1.82, 2.24) is 0 Å². The van der Waals surface area contributed by atoms with Crippen LogP contribution in [0.25, 0.3) is 0 Å². The first-order valence-corrected chi connectivity index (χ1v) is 6.21. The summed E-state index contributed by atoms with van der Waals surface area (Å²) in [6.45, 7) is 0. The maximum atomic E-state index is 9.99. The van der Waals surface area contributed by atoms with Gasteiger partial charge in [0, 0.05) is 17.2 Å². The molecule has 1 aromatic rings. The van der Waals surface area contributed by atoms with Crippen molar-refractivity contribution in [3.05, 3.63) is 16.1 Å². The Morgan fingerprint density at radius 2 is 2.06 bits per heavy atom. The van der Waals surface area contributed by atoms with Gasteiger partial charge in [0.25, 0.3) is 0 Å². The van der Waals surface area contributed by atoms with E-state index in [1.165, 1.54) is 7.11 Å². The Morgan fingerprint density at radius 1 is 1.41 bits per heavy atom. The summed E-state index contributed by atoms with van der Waals surface area (Å²) in [5.41, 5.74) is 6.69. The van der Waals surface area contributed by atoms with Crippen molar-refractivity contribution in [2.75, 3.05) is 14.2 Å². The molecule has 0 aliphatic heterocycles. The Morgan fingerprint density at radius 3 is 2.53 bits per heavy atom. The number of methoxy groups -OCH3 is 2. The number of phenols is 1. The summed E-state index contributed by atoms with van der Waals surface area (Å²) in [6.07, 6.45) is 2.63. The van der Waals surface area contributed by atoms with Crippen LogP contribution in [-0.4, -0.2) is 24.9 Å². The molecule has 1 aromatic carbocycles. The molecule has 3 N–H and O–H groups in total. The maximum absolute atomic E-state index is 9.99. The second-order valence-corrected chi connectivity index (χ2v) is 5.26. The molecule has 0 atom stereocenters. The molecule has 0 amide bonds. The van der Waals surface area contributed by atoms with E-state index >= 15 is 0 Å². The number of rotatable bonds is 4. The summed E-state index contributed by atoms with van der Waals surface area (Å²) in [7, 11) is 3.10. The van der Waals surface area contributed by atoms with Gasteiger partial charge in [0.2, 0.25) is 0 Å². The molecule has 0 saturated heterocycles. The molecule has 0 bridgehead atoms. The molecule has 0 aromatic heterocycles. The number of hydrogen-bond donors (Lipinski definition) is 2. The Balaban J connectivity index is 2.44. The van der Waals surface area contributed by atoms with Crippen molar-refractivity contribution in [2.24, 2.45) is 5.73 Å². The van der Waals surface area contributed by atoms with E-state index in [4.69, 9.17) is 15.2 Å². The number of hydrogen-bond acceptors (Lipinski definition) is 4. The van der Waals surface area contributed by atoms with Crippen LogP contribution in [-0.2, 0) is 6.42 Å². The lowest BCUT2D eigenvalue weighted by molar-refractivity contribution is 0.348. The number of phenolic OH excluding ortho intramolecular Hbond substituents is 1. The predicted octanol–water partition coefficient (Wildman–Crippen LogP) is 2.21. The van der Waals surface area contributed by atoms with Gasteiger partial charge < -0.3 is 20.3 Å². The molecule has 1 saturated carbocycles. The summed E-state index contributed by atoms with van der Waals surface area (Å²) in [4.78, 5) is 0. The Bertz CT molecular complexity index is 444. The average molecular weight is 302 g/mol. The van der Waals surface area contributed by atoms with E-state index in [2.05, 4.69) is 15.9 Å². The maximum Gasteiger partial charge on any atom is 0.175 e. The largest absolute Gasteiger partial charge is 0.507 e. The summed E-state index contributed by atoms with van der Waals surface area (Å²) in [5.74, 6) is 1.28. The lowest BCUT2D eigenvalue weighted by Gasteiger charge is -2.17. The van der Waals surface area contributed by atoms with Crippen molar-refractivity contribution < 1.29 is 14.6 Å². The van der Waals surface area contributed by atoms with Gasteiger partial charge in [-0.25, -0.2) is 0 Å². The van der Waals surface area contributed by atoms with Crippen LogP contribution >= 0.6 is 15.9 Å². The van der Waals surface area contributed by atoms with Gasteiger partial charge >= 0.3 is 0 Å². The summed E-state index contributed by atoms with van der Waals surface area (Å²) in [5, 5.41) is 9.99. The molecule has 1 aliphatic carbocycles. The van der Waals surface area contributed by atoms with E-state index in [1.807, 2.05) is 0 Å². The van der Waals surface area contributed by atoms with E-state index in [0.717, 1.165) is 18.4 Å². The highest BCUT2D eigenvalue weighted by Crippen LogP contribution is 2.46. The molecule has 0 radical (unpaired) electrons. The summed E-state index contributed by atoms with van der Waals surface area (Å²) >= 11 is 3.44. The first kappa shape index (κ1) is 12.5. The minimum absolute atomic E-state index is 0.167. The minimum atomic E-state index is -0.167. The molecule has 2 rings (SSSR count). The van der Waals surface area contributed by atoms with E-state index in [9.17, 15) is 5.11 Å². The van der Waals surface area contributed by atoms with Gasteiger partial charge in [0.15, 0.2) is 11.5 Å². The van der Waals surface area contributed by atoms with Gasteiger partial charge in [-0.15, -0.1) is 0 Å². The van der Waals surface area contributed by atoms with Gasteiger partial charge in [-0.05, 0) is 35.2 Å². The van der Waals surface area contributed by atoms with Crippen molar-refractivity contribution in [3.8, 4) is 17.2 Å². The molecular formula is C12H16BrNO3. The molecule has 0 unspecified atom stereocenters. The van der Waals surface area contributed by atoms with Gasteiger partial charge in [0.05, 0.1) is 18.7 Å². The van der Waals surface area contributed by atoms with E-state index in [1.54, 1.807) is 13.2 Å². The average Bonchev–Trinajstić information content (AvgIpc) is 3.02. The Hall–Kier alpha value is -0.940. The molecular weight excluding hydrogens is 286 g/mol. The fourth-order valence-electron chi connectivity index (χ4n) is 1.83. The molecule has 0 heterocycles. The van der Waals surface area contributed by atoms with Gasteiger partial charge in [-0.2, -0.15) is 0 Å². The van der Waals surface area contributed by atoms with Crippen LogP contribution in [0, 0.1) is 0 Å². The molecule has 5 heteroatoms. The van der Waals surface area contributed by atoms with Crippen LogP contribution in [0.15, 0.2) is 10.5 Å². The topological polar surface area (TPSA) is 64.7 Å². The van der Waals surface area contributed by atoms with Crippen LogP contribution in [0.4, 0.5) is 0 Å². The molecule has 0 spiro atoms. The molecule has 1 fully saturated rings. The Labute approximate surface area is 109 Å². The van der Waals surface area contributed by atoms with Gasteiger partial charge in [0.1, 0.15) is 5.75 Å². The standard InChI is InChI=1S/C12H16BrNO3/c1-16-9-5-8(15)7(6-12(14)3-4-12)10(13)11(9)17-2/h5,15H,3-4,6,14H2,1-2H3. The van der Waals surface area contributed by atoms with Crippen molar-refractivity contribution in [3.63, 3.8) is 0 Å². The Kier molecular flexibility index (Phi) is 3.23. The number of benzene rings is 1. The lowest BCUT2D eigenvalue weighted by atomic mass is 10.0. The highest BCUT2D eigenvalue weighted by Gasteiger charge is 2.39. The van der Waals surface area contributed by atoms with E-state index < -0.39 is 0 Å². The highest BCUT2D eigenvalue weighted by molar-refractivity contribution is 9.10. The highest BCUT2D eigenvalue weighted by atomic mass is 79.9. The van der Waals surface area contributed by atoms with Crippen LogP contribution in [0.2, 0.25) is 0 Å². The smallest absolute Gasteiger partial charge is 0.175 e. The zero-order valence-electron chi connectivity index (χ0n) is 9.92. The van der Waals surface area contributed by atoms with E-state index in [-0.39, 0.29) is 11.3 Å². The summed E-state index contributed by atoms with van der Waals surface area (Å²) in [6, 6.07) is 1.56. The van der Waals surface area contributed by atoms with Crippen LogP contribution in [0.3, 0.4) is 0 Å². The number of nitrogens with two attached hydrogens (primary N) is 1.